The summed E-state index contributed by atoms with van der Waals surface area (Å²) < 4.78 is 5.44. The number of ether oxygens (including phenoxy) is 1. The first-order valence-corrected chi connectivity index (χ1v) is 4.70. The van der Waals surface area contributed by atoms with Gasteiger partial charge in [-0.1, -0.05) is 20.4 Å². The van der Waals surface area contributed by atoms with Crippen LogP contribution in [0.15, 0.2) is 12.3 Å². The molecule has 0 aromatic carbocycles. The minimum Gasteiger partial charge on any atom is -0.493 e. The molecule has 1 rings (SSSR count). The molecule has 1 aliphatic heterocycles. The van der Waals surface area contributed by atoms with Crippen molar-refractivity contribution in [1.29, 1.82) is 0 Å². The summed E-state index contributed by atoms with van der Waals surface area (Å²) in [6.07, 6.45) is -0.472. The van der Waals surface area contributed by atoms with Gasteiger partial charge in [-0.15, -0.1) is 11.6 Å². The first-order valence-electron chi connectivity index (χ1n) is 4.17. The molecule has 0 amide bonds. The zero-order valence-electron chi connectivity index (χ0n) is 7.46. The molecule has 0 radical (unpaired) electrons. The molecular weight excluding hydrogens is 176 g/mol. The van der Waals surface area contributed by atoms with Gasteiger partial charge >= 0.3 is 0 Å². The molecule has 4 atom stereocenters. The quantitative estimate of drug-likeness (QED) is 0.639. The fourth-order valence-electron chi connectivity index (χ4n) is 1.45. The Balaban J connectivity index is 2.70. The highest BCUT2D eigenvalue weighted by Gasteiger charge is 2.36. The maximum Gasteiger partial charge on any atom is 0.117 e. The molecule has 1 saturated heterocycles. The predicted molar refractivity (Wildman–Crippen MR) is 49.1 cm³/mol. The zero-order chi connectivity index (χ0) is 9.30. The van der Waals surface area contributed by atoms with Crippen LogP contribution in [0.1, 0.15) is 13.8 Å². The lowest BCUT2D eigenvalue weighted by Gasteiger charge is -2.38. The fraction of sp³-hybridized carbons (Fsp3) is 0.778. The fourth-order valence-corrected chi connectivity index (χ4v) is 1.79. The van der Waals surface area contributed by atoms with Gasteiger partial charge in [-0.3, -0.25) is 0 Å². The highest BCUT2D eigenvalue weighted by atomic mass is 35.5. The summed E-state index contributed by atoms with van der Waals surface area (Å²) in [4.78, 5) is 0. The standard InChI is InChI=1S/C9H15ClO2/c1-5-7(3)12-8(4-10)6(2)9(5)11/h5-6,8-9,11H,3-4H2,1-2H3/t5-,6-,8+,9+/m0/s1. The van der Waals surface area contributed by atoms with Crippen molar-refractivity contribution in [2.45, 2.75) is 26.1 Å². The summed E-state index contributed by atoms with van der Waals surface area (Å²) in [5, 5.41) is 9.72. The average molecular weight is 191 g/mol. The lowest BCUT2D eigenvalue weighted by Crippen LogP contribution is -2.42. The number of hydrogen-bond donors (Lipinski definition) is 1. The molecule has 3 heteroatoms. The van der Waals surface area contributed by atoms with Gasteiger partial charge in [0, 0.05) is 11.8 Å². The van der Waals surface area contributed by atoms with Crippen molar-refractivity contribution in [3.8, 4) is 0 Å². The molecule has 0 aliphatic carbocycles. The molecule has 0 spiro atoms. The maximum atomic E-state index is 9.72. The van der Waals surface area contributed by atoms with Gasteiger partial charge in [-0.25, -0.2) is 0 Å². The Bertz CT molecular complexity index is 179. The van der Waals surface area contributed by atoms with E-state index >= 15 is 0 Å². The van der Waals surface area contributed by atoms with Gasteiger partial charge in [0.25, 0.3) is 0 Å². The summed E-state index contributed by atoms with van der Waals surface area (Å²) in [5.74, 6) is 1.15. The summed E-state index contributed by atoms with van der Waals surface area (Å²) in [6.45, 7) is 7.59. The number of hydrogen-bond acceptors (Lipinski definition) is 2. The van der Waals surface area contributed by atoms with E-state index in [0.717, 1.165) is 0 Å². The van der Waals surface area contributed by atoms with Crippen LogP contribution < -0.4 is 0 Å². The zero-order valence-corrected chi connectivity index (χ0v) is 8.21. The summed E-state index contributed by atoms with van der Waals surface area (Å²) >= 11 is 5.68. The van der Waals surface area contributed by atoms with E-state index in [0.29, 0.717) is 11.6 Å². The monoisotopic (exact) mass is 190 g/mol. The Labute approximate surface area is 78.2 Å². The van der Waals surface area contributed by atoms with Crippen LogP contribution in [0, 0.1) is 11.8 Å². The van der Waals surface area contributed by atoms with Crippen molar-refractivity contribution >= 4 is 11.6 Å². The van der Waals surface area contributed by atoms with E-state index in [1.165, 1.54) is 0 Å². The minimum absolute atomic E-state index is 0.0134. The van der Waals surface area contributed by atoms with Crippen molar-refractivity contribution in [2.75, 3.05) is 5.88 Å². The summed E-state index contributed by atoms with van der Waals surface area (Å²) in [7, 11) is 0. The van der Waals surface area contributed by atoms with Gasteiger partial charge in [0.2, 0.25) is 0 Å². The van der Waals surface area contributed by atoms with Crippen LogP contribution in [0.25, 0.3) is 0 Å². The van der Waals surface area contributed by atoms with E-state index in [-0.39, 0.29) is 24.0 Å². The van der Waals surface area contributed by atoms with Gasteiger partial charge in [0.05, 0.1) is 17.7 Å². The topological polar surface area (TPSA) is 29.5 Å². The molecular formula is C9H15ClO2. The molecule has 0 aromatic rings. The van der Waals surface area contributed by atoms with E-state index < -0.39 is 0 Å². The molecule has 70 valence electrons. The van der Waals surface area contributed by atoms with E-state index in [1.54, 1.807) is 0 Å². The summed E-state index contributed by atoms with van der Waals surface area (Å²) in [6, 6.07) is 0. The van der Waals surface area contributed by atoms with E-state index in [1.807, 2.05) is 13.8 Å². The Morgan fingerprint density at radius 1 is 1.58 bits per heavy atom. The van der Waals surface area contributed by atoms with E-state index in [2.05, 4.69) is 6.58 Å². The predicted octanol–water partition coefficient (Wildman–Crippen LogP) is 1.77. The largest absolute Gasteiger partial charge is 0.493 e. The second-order valence-electron chi connectivity index (χ2n) is 3.42. The van der Waals surface area contributed by atoms with Crippen LogP contribution in [-0.2, 0) is 4.74 Å². The third-order valence-electron chi connectivity index (χ3n) is 2.60. The van der Waals surface area contributed by atoms with E-state index in [9.17, 15) is 5.11 Å². The van der Waals surface area contributed by atoms with Crippen LogP contribution in [0.2, 0.25) is 0 Å². The second kappa shape index (κ2) is 3.67. The molecule has 0 unspecified atom stereocenters. The Hall–Kier alpha value is -0.210. The van der Waals surface area contributed by atoms with Crippen LogP contribution in [-0.4, -0.2) is 23.2 Å². The highest BCUT2D eigenvalue weighted by Crippen LogP contribution is 2.31. The lowest BCUT2D eigenvalue weighted by atomic mass is 9.86. The minimum atomic E-state index is -0.380. The summed E-state index contributed by atoms with van der Waals surface area (Å²) in [5.41, 5.74) is 0. The van der Waals surface area contributed by atoms with Crippen LogP contribution in [0.5, 0.6) is 0 Å². The number of rotatable bonds is 1. The molecule has 0 bridgehead atoms. The van der Waals surface area contributed by atoms with Crippen LogP contribution in [0.3, 0.4) is 0 Å². The number of halogens is 1. The Morgan fingerprint density at radius 3 is 2.67 bits per heavy atom. The number of alkyl halides is 1. The molecule has 1 N–H and O–H groups in total. The molecule has 1 heterocycles. The Morgan fingerprint density at radius 2 is 2.17 bits per heavy atom. The van der Waals surface area contributed by atoms with Crippen molar-refractivity contribution in [2.24, 2.45) is 11.8 Å². The van der Waals surface area contributed by atoms with Crippen LogP contribution in [0.4, 0.5) is 0 Å². The average Bonchev–Trinajstić information content (AvgIpc) is 2.08. The second-order valence-corrected chi connectivity index (χ2v) is 3.72. The SMILES string of the molecule is C=C1O[C@H](CCl)[C@H](C)[C@H](O)[C@H]1C. The normalized spacial score (nSPS) is 42.5. The van der Waals surface area contributed by atoms with Gasteiger partial charge in [-0.05, 0) is 0 Å². The highest BCUT2D eigenvalue weighted by molar-refractivity contribution is 6.18. The number of aliphatic hydroxyl groups excluding tert-OH is 1. The van der Waals surface area contributed by atoms with Crippen molar-refractivity contribution in [3.05, 3.63) is 12.3 Å². The third-order valence-corrected chi connectivity index (χ3v) is 2.90. The Kier molecular flexibility index (Phi) is 3.02. The van der Waals surface area contributed by atoms with Crippen molar-refractivity contribution in [3.63, 3.8) is 0 Å². The van der Waals surface area contributed by atoms with Gasteiger partial charge < -0.3 is 9.84 Å². The smallest absolute Gasteiger partial charge is 0.117 e. The lowest BCUT2D eigenvalue weighted by molar-refractivity contribution is -0.0660. The number of aliphatic hydroxyl groups is 1. The van der Waals surface area contributed by atoms with Gasteiger partial charge in [0.15, 0.2) is 0 Å². The molecule has 2 nitrogen and oxygen atoms in total. The molecule has 0 saturated carbocycles. The molecule has 12 heavy (non-hydrogen) atoms. The van der Waals surface area contributed by atoms with Crippen molar-refractivity contribution in [1.82, 2.24) is 0 Å². The first-order chi connectivity index (χ1) is 5.57. The van der Waals surface area contributed by atoms with Gasteiger partial charge in [0.1, 0.15) is 6.10 Å². The molecule has 1 aliphatic rings. The van der Waals surface area contributed by atoms with Gasteiger partial charge in [-0.2, -0.15) is 0 Å². The molecule has 1 fully saturated rings. The molecule has 0 aromatic heterocycles. The van der Waals surface area contributed by atoms with Crippen LogP contribution >= 0.6 is 11.6 Å². The van der Waals surface area contributed by atoms with E-state index in [4.69, 9.17) is 16.3 Å². The van der Waals surface area contributed by atoms with Crippen molar-refractivity contribution < 1.29 is 9.84 Å². The first kappa shape index (κ1) is 9.87. The maximum absolute atomic E-state index is 9.72. The third kappa shape index (κ3) is 1.59.